The minimum absolute atomic E-state index is 0. The molecule has 0 aromatic carbocycles. The van der Waals surface area contributed by atoms with Gasteiger partial charge >= 0.3 is 0 Å². The first-order valence-electron chi connectivity index (χ1n) is 5.74. The van der Waals surface area contributed by atoms with Crippen molar-refractivity contribution < 1.29 is 9.59 Å². The van der Waals surface area contributed by atoms with E-state index in [0.29, 0.717) is 6.54 Å². The first kappa shape index (κ1) is 16.2. The highest BCUT2D eigenvalue weighted by Crippen LogP contribution is 2.30. The van der Waals surface area contributed by atoms with E-state index in [2.05, 4.69) is 5.32 Å². The Labute approximate surface area is 109 Å². The zero-order chi connectivity index (χ0) is 12.1. The first-order chi connectivity index (χ1) is 7.56. The molecule has 1 aliphatic carbocycles. The van der Waals surface area contributed by atoms with Gasteiger partial charge in [-0.3, -0.25) is 9.59 Å². The molecule has 2 amide bonds. The maximum absolute atomic E-state index is 11.8. The van der Waals surface area contributed by atoms with Crippen molar-refractivity contribution >= 4 is 24.2 Å². The van der Waals surface area contributed by atoms with Crippen molar-refractivity contribution in [3.63, 3.8) is 0 Å². The zero-order valence-electron chi connectivity index (χ0n) is 10.4. The van der Waals surface area contributed by atoms with Gasteiger partial charge in [0, 0.05) is 20.0 Å². The van der Waals surface area contributed by atoms with E-state index in [1.807, 2.05) is 0 Å². The van der Waals surface area contributed by atoms with Crippen LogP contribution in [0.15, 0.2) is 0 Å². The lowest BCUT2D eigenvalue weighted by Crippen LogP contribution is -2.40. The molecule has 0 unspecified atom stereocenters. The van der Waals surface area contributed by atoms with Gasteiger partial charge in [-0.05, 0) is 25.3 Å². The number of nitrogens with zero attached hydrogens (tertiary/aromatic N) is 1. The molecule has 5 nitrogen and oxygen atoms in total. The molecular formula is C11H22ClN3O2. The summed E-state index contributed by atoms with van der Waals surface area (Å²) in [7, 11) is 3.35. The Morgan fingerprint density at radius 3 is 2.53 bits per heavy atom. The lowest BCUT2D eigenvalue weighted by molar-refractivity contribution is -0.132. The van der Waals surface area contributed by atoms with Gasteiger partial charge in [-0.15, -0.1) is 12.4 Å². The lowest BCUT2D eigenvalue weighted by atomic mass is 9.95. The maximum atomic E-state index is 11.8. The van der Waals surface area contributed by atoms with Crippen LogP contribution in [0.3, 0.4) is 0 Å². The predicted octanol–water partition coefficient (Wildman–Crippen LogP) is -0.0124. The molecule has 1 saturated carbocycles. The molecule has 1 rings (SSSR count). The number of rotatable bonds is 4. The molecule has 0 saturated heterocycles. The molecule has 0 radical (unpaired) electrons. The molecule has 2 atom stereocenters. The third-order valence-electron chi connectivity index (χ3n) is 3.21. The molecule has 0 spiro atoms. The molecule has 0 heterocycles. The number of carbonyl (C=O) groups is 2. The van der Waals surface area contributed by atoms with Gasteiger partial charge in [-0.2, -0.15) is 0 Å². The number of carbonyl (C=O) groups excluding carboxylic acids is 2. The largest absolute Gasteiger partial charge is 0.347 e. The van der Waals surface area contributed by atoms with Crippen molar-refractivity contribution in [3.8, 4) is 0 Å². The van der Waals surface area contributed by atoms with Gasteiger partial charge in [0.25, 0.3) is 0 Å². The quantitative estimate of drug-likeness (QED) is 0.749. The van der Waals surface area contributed by atoms with Crippen molar-refractivity contribution in [2.75, 3.05) is 27.2 Å². The highest BCUT2D eigenvalue weighted by atomic mass is 35.5. The van der Waals surface area contributed by atoms with Gasteiger partial charge in [0.1, 0.15) is 0 Å². The van der Waals surface area contributed by atoms with E-state index in [-0.39, 0.29) is 42.6 Å². The van der Waals surface area contributed by atoms with Crippen LogP contribution in [0.5, 0.6) is 0 Å². The summed E-state index contributed by atoms with van der Waals surface area (Å²) in [5.74, 6) is 0.174. The number of likely N-dealkylation sites (N-methyl/N-ethyl adjacent to an activating group) is 1. The number of hydrogen-bond donors (Lipinski definition) is 2. The van der Waals surface area contributed by atoms with Crippen LogP contribution in [0.25, 0.3) is 0 Å². The number of amides is 2. The van der Waals surface area contributed by atoms with Crippen LogP contribution >= 0.6 is 12.4 Å². The third kappa shape index (κ3) is 4.52. The topological polar surface area (TPSA) is 75.4 Å². The van der Waals surface area contributed by atoms with Crippen molar-refractivity contribution in [2.24, 2.45) is 17.6 Å². The van der Waals surface area contributed by atoms with Crippen molar-refractivity contribution in [2.45, 2.75) is 19.3 Å². The van der Waals surface area contributed by atoms with Gasteiger partial charge in [0.05, 0.1) is 6.54 Å². The molecule has 0 aromatic rings. The monoisotopic (exact) mass is 263 g/mol. The van der Waals surface area contributed by atoms with E-state index >= 15 is 0 Å². The highest BCUT2D eigenvalue weighted by molar-refractivity contribution is 5.86. The van der Waals surface area contributed by atoms with Crippen molar-refractivity contribution in [3.05, 3.63) is 0 Å². The van der Waals surface area contributed by atoms with E-state index in [1.165, 1.54) is 4.90 Å². The summed E-state index contributed by atoms with van der Waals surface area (Å²) in [6.45, 7) is 0.638. The average molecular weight is 264 g/mol. The number of hydrogen-bond acceptors (Lipinski definition) is 3. The Balaban J connectivity index is 0.00000256. The highest BCUT2D eigenvalue weighted by Gasteiger charge is 2.31. The van der Waals surface area contributed by atoms with Crippen LogP contribution in [0.4, 0.5) is 0 Å². The summed E-state index contributed by atoms with van der Waals surface area (Å²) < 4.78 is 0. The Bertz CT molecular complexity index is 271. The number of halogens is 1. The van der Waals surface area contributed by atoms with Crippen LogP contribution in [0.2, 0.25) is 0 Å². The molecular weight excluding hydrogens is 242 g/mol. The van der Waals surface area contributed by atoms with Crippen LogP contribution in [0, 0.1) is 11.8 Å². The van der Waals surface area contributed by atoms with Crippen LogP contribution < -0.4 is 11.1 Å². The molecule has 3 N–H and O–H groups in total. The fourth-order valence-corrected chi connectivity index (χ4v) is 2.12. The van der Waals surface area contributed by atoms with Gasteiger partial charge in [0.2, 0.25) is 11.8 Å². The summed E-state index contributed by atoms with van der Waals surface area (Å²) in [4.78, 5) is 24.6. The molecule has 100 valence electrons. The predicted molar refractivity (Wildman–Crippen MR) is 68.8 cm³/mol. The van der Waals surface area contributed by atoms with E-state index in [4.69, 9.17) is 5.73 Å². The molecule has 0 aromatic heterocycles. The minimum Gasteiger partial charge on any atom is -0.347 e. The molecule has 0 aliphatic heterocycles. The summed E-state index contributed by atoms with van der Waals surface area (Å²) in [6.07, 6.45) is 2.97. The average Bonchev–Trinajstić information content (AvgIpc) is 2.73. The molecule has 1 fully saturated rings. The van der Waals surface area contributed by atoms with Gasteiger partial charge < -0.3 is 16.0 Å². The van der Waals surface area contributed by atoms with E-state index in [9.17, 15) is 9.59 Å². The van der Waals surface area contributed by atoms with E-state index < -0.39 is 0 Å². The van der Waals surface area contributed by atoms with Crippen LogP contribution in [0.1, 0.15) is 19.3 Å². The van der Waals surface area contributed by atoms with Crippen molar-refractivity contribution in [1.29, 1.82) is 0 Å². The molecule has 0 bridgehead atoms. The SMILES string of the molecule is CN(C)C(=O)CNC(=O)[C@@H]1CCC[C@@H]1CN.Cl. The second-order valence-electron chi connectivity index (χ2n) is 4.54. The van der Waals surface area contributed by atoms with Gasteiger partial charge in [-0.1, -0.05) is 6.42 Å². The van der Waals surface area contributed by atoms with E-state index in [1.54, 1.807) is 14.1 Å². The molecule has 17 heavy (non-hydrogen) atoms. The molecule has 1 aliphatic rings. The lowest BCUT2D eigenvalue weighted by Gasteiger charge is -2.18. The number of nitrogens with two attached hydrogens (primary N) is 1. The Kier molecular flexibility index (Phi) is 7.15. The summed E-state index contributed by atoms with van der Waals surface area (Å²) in [6, 6.07) is 0. The fraction of sp³-hybridized carbons (Fsp3) is 0.818. The Morgan fingerprint density at radius 2 is 2.00 bits per heavy atom. The minimum atomic E-state index is -0.0874. The van der Waals surface area contributed by atoms with Gasteiger partial charge in [0.15, 0.2) is 0 Å². The smallest absolute Gasteiger partial charge is 0.241 e. The third-order valence-corrected chi connectivity index (χ3v) is 3.21. The molecule has 6 heteroatoms. The fourth-order valence-electron chi connectivity index (χ4n) is 2.12. The van der Waals surface area contributed by atoms with Crippen LogP contribution in [-0.4, -0.2) is 43.9 Å². The standard InChI is InChI=1S/C11H21N3O2.ClH/c1-14(2)10(15)7-13-11(16)9-5-3-4-8(9)6-12;/h8-9H,3-7,12H2,1-2H3,(H,13,16);1H/t8-,9-;/m1./s1. The van der Waals surface area contributed by atoms with Crippen LogP contribution in [-0.2, 0) is 9.59 Å². The normalized spacial score (nSPS) is 22.8. The summed E-state index contributed by atoms with van der Waals surface area (Å²) >= 11 is 0. The Hall–Kier alpha value is -0.810. The number of nitrogens with one attached hydrogen (secondary N) is 1. The zero-order valence-corrected chi connectivity index (χ0v) is 11.3. The van der Waals surface area contributed by atoms with Crippen molar-refractivity contribution in [1.82, 2.24) is 10.2 Å². The first-order valence-corrected chi connectivity index (χ1v) is 5.74. The van der Waals surface area contributed by atoms with E-state index in [0.717, 1.165) is 19.3 Å². The summed E-state index contributed by atoms with van der Waals surface area (Å²) in [5.41, 5.74) is 5.61. The maximum Gasteiger partial charge on any atom is 0.241 e. The Morgan fingerprint density at radius 1 is 1.35 bits per heavy atom. The summed E-state index contributed by atoms with van der Waals surface area (Å²) in [5, 5.41) is 2.68. The second kappa shape index (κ2) is 7.50. The van der Waals surface area contributed by atoms with Gasteiger partial charge in [-0.25, -0.2) is 0 Å². The second-order valence-corrected chi connectivity index (χ2v) is 4.54.